The lowest BCUT2D eigenvalue weighted by molar-refractivity contribution is 0.0773. The van der Waals surface area contributed by atoms with Crippen molar-refractivity contribution in [3.63, 3.8) is 0 Å². The standard InChI is InChI=1S/C25H26N2O4S/c1-26(17-18-31-22-12-3-2-4-13-22)25(28)21-10-7-14-23(19-21)32(29,30)27-16-8-11-20-9-5-6-15-24(20)27/h2-7,9-10,12-15,19H,8,11,16-18H2,1H3. The van der Waals surface area contributed by atoms with E-state index in [2.05, 4.69) is 0 Å². The maximum atomic E-state index is 13.4. The van der Waals surface area contributed by atoms with Crippen molar-refractivity contribution in [3.8, 4) is 5.75 Å². The van der Waals surface area contributed by atoms with Gasteiger partial charge in [0.1, 0.15) is 12.4 Å². The van der Waals surface area contributed by atoms with Gasteiger partial charge in [-0.2, -0.15) is 0 Å². The Labute approximate surface area is 189 Å². The van der Waals surface area contributed by atoms with E-state index in [1.54, 1.807) is 25.2 Å². The van der Waals surface area contributed by atoms with Crippen LogP contribution < -0.4 is 9.04 Å². The van der Waals surface area contributed by atoms with Crippen LogP contribution in [0.3, 0.4) is 0 Å². The summed E-state index contributed by atoms with van der Waals surface area (Å²) in [6.45, 7) is 1.15. The SMILES string of the molecule is CN(CCOc1ccccc1)C(=O)c1cccc(S(=O)(=O)N2CCCc3ccccc32)c1. The highest BCUT2D eigenvalue weighted by Crippen LogP contribution is 2.32. The zero-order valence-electron chi connectivity index (χ0n) is 18.0. The maximum Gasteiger partial charge on any atom is 0.264 e. The number of aryl methyl sites for hydroxylation is 1. The predicted molar refractivity (Wildman–Crippen MR) is 125 cm³/mol. The van der Waals surface area contributed by atoms with E-state index in [4.69, 9.17) is 4.74 Å². The topological polar surface area (TPSA) is 66.9 Å². The van der Waals surface area contributed by atoms with Gasteiger partial charge in [-0.3, -0.25) is 9.10 Å². The number of para-hydroxylation sites is 2. The number of hydrogen-bond donors (Lipinski definition) is 0. The molecular weight excluding hydrogens is 424 g/mol. The first-order valence-electron chi connectivity index (χ1n) is 10.6. The van der Waals surface area contributed by atoms with Gasteiger partial charge < -0.3 is 9.64 Å². The van der Waals surface area contributed by atoms with E-state index < -0.39 is 10.0 Å². The average Bonchev–Trinajstić information content (AvgIpc) is 2.84. The van der Waals surface area contributed by atoms with Crippen molar-refractivity contribution < 1.29 is 17.9 Å². The fraction of sp³-hybridized carbons (Fsp3) is 0.240. The summed E-state index contributed by atoms with van der Waals surface area (Å²) in [5, 5.41) is 0. The van der Waals surface area contributed by atoms with Crippen molar-refractivity contribution in [2.75, 3.05) is 31.0 Å². The van der Waals surface area contributed by atoms with E-state index in [1.165, 1.54) is 15.3 Å². The molecule has 0 fully saturated rings. The smallest absolute Gasteiger partial charge is 0.264 e. The van der Waals surface area contributed by atoms with Gasteiger partial charge in [0, 0.05) is 19.2 Å². The van der Waals surface area contributed by atoms with Gasteiger partial charge in [-0.05, 0) is 54.8 Å². The van der Waals surface area contributed by atoms with Crippen LogP contribution in [0.5, 0.6) is 5.75 Å². The summed E-state index contributed by atoms with van der Waals surface area (Å²) >= 11 is 0. The Balaban J connectivity index is 1.49. The van der Waals surface area contributed by atoms with E-state index in [9.17, 15) is 13.2 Å². The average molecular weight is 451 g/mol. The Kier molecular flexibility index (Phi) is 6.46. The first kappa shape index (κ1) is 21.9. The minimum absolute atomic E-state index is 0.119. The molecule has 4 rings (SSSR count). The number of carbonyl (C=O) groups is 1. The number of fused-ring (bicyclic) bond motifs is 1. The van der Waals surface area contributed by atoms with Crippen molar-refractivity contribution in [2.45, 2.75) is 17.7 Å². The van der Waals surface area contributed by atoms with Gasteiger partial charge in [-0.25, -0.2) is 8.42 Å². The molecular formula is C25H26N2O4S. The van der Waals surface area contributed by atoms with Gasteiger partial charge in [0.2, 0.25) is 0 Å². The molecule has 0 radical (unpaired) electrons. The second kappa shape index (κ2) is 9.44. The van der Waals surface area contributed by atoms with Gasteiger partial charge >= 0.3 is 0 Å². The Bertz CT molecular complexity index is 1200. The van der Waals surface area contributed by atoms with Crippen molar-refractivity contribution in [3.05, 3.63) is 90.0 Å². The minimum Gasteiger partial charge on any atom is -0.492 e. The Morgan fingerprint density at radius 1 is 1.00 bits per heavy atom. The first-order valence-corrected chi connectivity index (χ1v) is 12.0. The fourth-order valence-electron chi connectivity index (χ4n) is 3.80. The highest BCUT2D eigenvalue weighted by atomic mass is 32.2. The molecule has 166 valence electrons. The number of nitrogens with zero attached hydrogens (tertiary/aromatic N) is 2. The summed E-state index contributed by atoms with van der Waals surface area (Å²) in [7, 11) is -2.09. The number of rotatable bonds is 7. The molecule has 0 aliphatic carbocycles. The highest BCUT2D eigenvalue weighted by molar-refractivity contribution is 7.92. The normalized spacial score (nSPS) is 13.3. The Morgan fingerprint density at radius 3 is 2.56 bits per heavy atom. The monoisotopic (exact) mass is 450 g/mol. The van der Waals surface area contributed by atoms with E-state index >= 15 is 0 Å². The zero-order chi connectivity index (χ0) is 22.6. The number of amides is 1. The number of carbonyl (C=O) groups excluding carboxylic acids is 1. The Hall–Kier alpha value is -3.32. The molecule has 6 nitrogen and oxygen atoms in total. The largest absolute Gasteiger partial charge is 0.492 e. The van der Waals surface area contributed by atoms with Crippen molar-refractivity contribution in [1.29, 1.82) is 0 Å². The minimum atomic E-state index is -3.77. The van der Waals surface area contributed by atoms with Crippen LogP contribution in [0.1, 0.15) is 22.3 Å². The summed E-state index contributed by atoms with van der Waals surface area (Å²) < 4.78 is 33.9. The van der Waals surface area contributed by atoms with Crippen LogP contribution in [0, 0.1) is 0 Å². The van der Waals surface area contributed by atoms with Crippen LogP contribution in [0.2, 0.25) is 0 Å². The molecule has 0 spiro atoms. The van der Waals surface area contributed by atoms with Gasteiger partial charge in [-0.15, -0.1) is 0 Å². The summed E-state index contributed by atoms with van der Waals surface area (Å²) in [4.78, 5) is 14.6. The van der Waals surface area contributed by atoms with Crippen LogP contribution in [0.25, 0.3) is 0 Å². The number of benzene rings is 3. The van der Waals surface area contributed by atoms with E-state index in [0.717, 1.165) is 24.2 Å². The molecule has 1 heterocycles. The number of likely N-dealkylation sites (N-methyl/N-ethyl adjacent to an activating group) is 1. The fourth-order valence-corrected chi connectivity index (χ4v) is 5.39. The summed E-state index contributed by atoms with van der Waals surface area (Å²) in [5.41, 5.74) is 2.07. The van der Waals surface area contributed by atoms with E-state index in [1.807, 2.05) is 54.6 Å². The third kappa shape index (κ3) is 4.62. The van der Waals surface area contributed by atoms with Crippen LogP contribution in [0.15, 0.2) is 83.8 Å². The maximum absolute atomic E-state index is 13.4. The second-order valence-corrected chi connectivity index (χ2v) is 9.59. The molecule has 3 aromatic rings. The predicted octanol–water partition coefficient (Wildman–Crippen LogP) is 3.98. The zero-order valence-corrected chi connectivity index (χ0v) is 18.8. The van der Waals surface area contributed by atoms with Crippen molar-refractivity contribution in [1.82, 2.24) is 4.90 Å². The van der Waals surface area contributed by atoms with Gasteiger partial charge in [0.05, 0.1) is 17.1 Å². The van der Waals surface area contributed by atoms with Crippen molar-refractivity contribution in [2.24, 2.45) is 0 Å². The third-order valence-electron chi connectivity index (χ3n) is 5.52. The molecule has 0 aromatic heterocycles. The molecule has 0 unspecified atom stereocenters. The van der Waals surface area contributed by atoms with Gasteiger partial charge in [-0.1, -0.05) is 42.5 Å². The first-order chi connectivity index (χ1) is 15.5. The molecule has 0 atom stereocenters. The van der Waals surface area contributed by atoms with E-state index in [-0.39, 0.29) is 10.8 Å². The second-order valence-electron chi connectivity index (χ2n) is 7.73. The molecule has 3 aromatic carbocycles. The molecule has 0 bridgehead atoms. The number of anilines is 1. The van der Waals surface area contributed by atoms with Crippen molar-refractivity contribution >= 4 is 21.6 Å². The molecule has 0 saturated heterocycles. The third-order valence-corrected chi connectivity index (χ3v) is 7.33. The quantitative estimate of drug-likeness (QED) is 0.546. The highest BCUT2D eigenvalue weighted by Gasteiger charge is 2.29. The molecule has 32 heavy (non-hydrogen) atoms. The lowest BCUT2D eigenvalue weighted by atomic mass is 10.0. The van der Waals surface area contributed by atoms with E-state index in [0.29, 0.717) is 30.9 Å². The molecule has 1 aliphatic rings. The van der Waals surface area contributed by atoms with Gasteiger partial charge in [0.15, 0.2) is 0 Å². The number of sulfonamides is 1. The lowest BCUT2D eigenvalue weighted by Crippen LogP contribution is -2.35. The molecule has 1 amide bonds. The summed E-state index contributed by atoms with van der Waals surface area (Å²) in [5.74, 6) is 0.487. The molecule has 0 N–H and O–H groups in total. The van der Waals surface area contributed by atoms with Crippen LogP contribution in [-0.2, 0) is 16.4 Å². The van der Waals surface area contributed by atoms with Crippen LogP contribution in [-0.4, -0.2) is 46.0 Å². The number of ether oxygens (including phenoxy) is 1. The summed E-state index contributed by atoms with van der Waals surface area (Å²) in [6.07, 6.45) is 1.62. The van der Waals surface area contributed by atoms with Crippen LogP contribution >= 0.6 is 0 Å². The van der Waals surface area contributed by atoms with Crippen LogP contribution in [0.4, 0.5) is 5.69 Å². The summed E-state index contributed by atoms with van der Waals surface area (Å²) in [6, 6.07) is 23.2. The number of hydrogen-bond acceptors (Lipinski definition) is 4. The molecule has 0 saturated carbocycles. The lowest BCUT2D eigenvalue weighted by Gasteiger charge is -2.30. The Morgan fingerprint density at radius 2 is 1.75 bits per heavy atom. The molecule has 7 heteroatoms. The van der Waals surface area contributed by atoms with Gasteiger partial charge in [0.25, 0.3) is 15.9 Å². The molecule has 1 aliphatic heterocycles.